The Bertz CT molecular complexity index is 1090. The van der Waals surface area contributed by atoms with E-state index in [9.17, 15) is 0 Å². The van der Waals surface area contributed by atoms with Gasteiger partial charge >= 0.3 is 0 Å². The van der Waals surface area contributed by atoms with Crippen LogP contribution in [0.5, 0.6) is 5.75 Å². The Morgan fingerprint density at radius 3 is 1.87 bits per heavy atom. The Hall–Kier alpha value is -2.37. The van der Waals surface area contributed by atoms with Crippen molar-refractivity contribution >= 4 is 26.5 Å². The van der Waals surface area contributed by atoms with Gasteiger partial charge in [-0.15, -0.1) is 0 Å². The fourth-order valence-electron chi connectivity index (χ4n) is 5.20. The van der Waals surface area contributed by atoms with E-state index in [1.807, 2.05) is 6.08 Å². The van der Waals surface area contributed by atoms with Crippen LogP contribution in [0.25, 0.3) is 11.1 Å². The molecule has 1 aliphatic rings. The molecule has 0 saturated carbocycles. The molecule has 3 aromatic rings. The largest absolute Gasteiger partial charge is 0.490 e. The van der Waals surface area contributed by atoms with E-state index < -0.39 is 16.1 Å². The van der Waals surface area contributed by atoms with E-state index in [1.165, 1.54) is 38.2 Å². The molecule has 3 heteroatoms. The minimum absolute atomic E-state index is 0.419. The van der Waals surface area contributed by atoms with Crippen molar-refractivity contribution in [1.82, 2.24) is 0 Å². The zero-order valence-electron chi connectivity index (χ0n) is 19.8. The first-order valence-electron chi connectivity index (χ1n) is 11.2. The van der Waals surface area contributed by atoms with Gasteiger partial charge in [0.05, 0.1) is 16.1 Å². The molecule has 3 aromatic carbocycles. The molecule has 0 bridgehead atoms. The van der Waals surface area contributed by atoms with Gasteiger partial charge in [0.1, 0.15) is 12.4 Å². The molecule has 0 aliphatic heterocycles. The van der Waals surface area contributed by atoms with Gasteiger partial charge in [0.15, 0.2) is 0 Å². The number of hydrogen-bond acceptors (Lipinski definition) is 1. The number of fused-ring (bicyclic) bond motifs is 3. The Morgan fingerprint density at radius 2 is 1.35 bits per heavy atom. The van der Waals surface area contributed by atoms with Crippen LogP contribution in [0.1, 0.15) is 22.2 Å². The summed E-state index contributed by atoms with van der Waals surface area (Å²) in [7, 11) is -3.61. The van der Waals surface area contributed by atoms with Gasteiger partial charge in [-0.1, -0.05) is 112 Å². The number of benzene rings is 3. The summed E-state index contributed by atoms with van der Waals surface area (Å²) >= 11 is 0. The van der Waals surface area contributed by atoms with Gasteiger partial charge in [-0.25, -0.2) is 0 Å². The normalized spacial score (nSPS) is 13.6. The van der Waals surface area contributed by atoms with Crippen molar-refractivity contribution in [2.24, 2.45) is 0 Å². The molecule has 0 spiro atoms. The Morgan fingerprint density at radius 1 is 0.839 bits per heavy atom. The number of aryl methyl sites for hydroxylation is 1. The molecule has 1 aliphatic carbocycles. The number of rotatable bonds is 6. The van der Waals surface area contributed by atoms with Gasteiger partial charge in [-0.05, 0) is 39.6 Å². The molecule has 0 unspecified atom stereocenters. The minimum Gasteiger partial charge on any atom is -0.490 e. The van der Waals surface area contributed by atoms with Crippen molar-refractivity contribution in [3.63, 3.8) is 0 Å². The first-order valence-corrected chi connectivity index (χ1v) is 17.8. The quantitative estimate of drug-likeness (QED) is 0.318. The van der Waals surface area contributed by atoms with Gasteiger partial charge in [0.2, 0.25) is 0 Å². The SMILES string of the molecule is C=CCOc1c([Si](C)(C)C)cc(C)cc1[Si](C)(C)C1c2ccccc2-c2ccccc21. The average molecular weight is 443 g/mol. The van der Waals surface area contributed by atoms with Crippen molar-refractivity contribution in [1.29, 1.82) is 0 Å². The maximum absolute atomic E-state index is 6.47. The summed E-state index contributed by atoms with van der Waals surface area (Å²) in [4.78, 5) is 0. The van der Waals surface area contributed by atoms with E-state index in [4.69, 9.17) is 4.74 Å². The van der Waals surface area contributed by atoms with Gasteiger partial charge in [-0.3, -0.25) is 0 Å². The molecule has 31 heavy (non-hydrogen) atoms. The van der Waals surface area contributed by atoms with E-state index in [-0.39, 0.29) is 0 Å². The molecule has 160 valence electrons. The molecule has 0 heterocycles. The minimum atomic E-state index is -2.02. The second-order valence-electron chi connectivity index (χ2n) is 10.4. The van der Waals surface area contributed by atoms with Crippen molar-refractivity contribution in [3.05, 3.63) is 90.0 Å². The maximum atomic E-state index is 6.47. The molecule has 0 atom stereocenters. The van der Waals surface area contributed by atoms with Crippen LogP contribution in [0.3, 0.4) is 0 Å². The van der Waals surface area contributed by atoms with Crippen LogP contribution >= 0.6 is 0 Å². The Balaban J connectivity index is 1.98. The highest BCUT2D eigenvalue weighted by Crippen LogP contribution is 2.49. The van der Waals surface area contributed by atoms with Gasteiger partial charge in [0, 0.05) is 5.54 Å². The fourth-order valence-corrected chi connectivity index (χ4v) is 10.6. The lowest BCUT2D eigenvalue weighted by atomic mass is 10.1. The summed E-state index contributed by atoms with van der Waals surface area (Å²) < 4.78 is 6.47. The van der Waals surface area contributed by atoms with E-state index >= 15 is 0 Å². The third-order valence-electron chi connectivity index (χ3n) is 6.64. The van der Waals surface area contributed by atoms with Gasteiger partial charge in [0.25, 0.3) is 0 Å². The molecule has 1 nitrogen and oxygen atoms in total. The van der Waals surface area contributed by atoms with Crippen LogP contribution in [0.4, 0.5) is 0 Å². The maximum Gasteiger partial charge on any atom is 0.118 e. The van der Waals surface area contributed by atoms with Crippen LogP contribution in [-0.2, 0) is 0 Å². The first-order chi connectivity index (χ1) is 14.7. The van der Waals surface area contributed by atoms with Gasteiger partial charge < -0.3 is 4.74 Å². The lowest BCUT2D eigenvalue weighted by molar-refractivity contribution is 0.368. The van der Waals surface area contributed by atoms with Gasteiger partial charge in [-0.2, -0.15) is 0 Å². The molecule has 0 saturated heterocycles. The van der Waals surface area contributed by atoms with E-state index in [0.717, 1.165) is 5.75 Å². The van der Waals surface area contributed by atoms with E-state index in [2.05, 4.69) is 107 Å². The third-order valence-corrected chi connectivity index (χ3v) is 12.4. The molecular formula is C28H34OSi2. The molecule has 0 amide bonds. The molecule has 4 rings (SSSR count). The van der Waals surface area contributed by atoms with Crippen LogP contribution < -0.4 is 15.1 Å². The molecule has 0 fully saturated rings. The standard InChI is InChI=1S/C28H34OSi2/c1-8-17-29-27-25(30(3,4)5)18-20(2)19-26(27)31(6,7)28-23-15-11-9-13-21(23)22-14-10-12-16-24(22)28/h8-16,18-19,28H,1,17H2,2-7H3. The van der Waals surface area contributed by atoms with Crippen LogP contribution in [0, 0.1) is 6.92 Å². The van der Waals surface area contributed by atoms with Crippen LogP contribution in [0.2, 0.25) is 32.7 Å². The topological polar surface area (TPSA) is 9.23 Å². The number of hydrogen-bond donors (Lipinski definition) is 0. The molecule has 0 N–H and O–H groups in total. The smallest absolute Gasteiger partial charge is 0.118 e. The Labute approximate surface area is 189 Å². The van der Waals surface area contributed by atoms with Crippen molar-refractivity contribution in [2.45, 2.75) is 45.2 Å². The first kappa shape index (κ1) is 21.9. The second-order valence-corrected chi connectivity index (χ2v) is 20.0. The summed E-state index contributed by atoms with van der Waals surface area (Å²) in [6.45, 7) is 19.0. The lowest BCUT2D eigenvalue weighted by Crippen LogP contribution is -2.52. The summed E-state index contributed by atoms with van der Waals surface area (Å²) in [5, 5.41) is 2.88. The molecule has 0 radical (unpaired) electrons. The zero-order valence-corrected chi connectivity index (χ0v) is 21.8. The third kappa shape index (κ3) is 3.74. The summed E-state index contributed by atoms with van der Waals surface area (Å²) in [5.74, 6) is 1.14. The Kier molecular flexibility index (Phi) is 5.61. The highest BCUT2D eigenvalue weighted by Gasteiger charge is 2.44. The monoisotopic (exact) mass is 442 g/mol. The van der Waals surface area contributed by atoms with Crippen LogP contribution in [0.15, 0.2) is 73.3 Å². The molecular weight excluding hydrogens is 408 g/mol. The average Bonchev–Trinajstić information content (AvgIpc) is 3.07. The highest BCUT2D eigenvalue weighted by atomic mass is 28.3. The highest BCUT2D eigenvalue weighted by molar-refractivity contribution is 6.94. The van der Waals surface area contributed by atoms with E-state index in [0.29, 0.717) is 12.1 Å². The van der Waals surface area contributed by atoms with Crippen molar-refractivity contribution in [3.8, 4) is 16.9 Å². The zero-order chi connectivity index (χ0) is 22.4. The summed E-state index contributed by atoms with van der Waals surface area (Å²) in [6, 6.07) is 22.8. The predicted octanol–water partition coefficient (Wildman–Crippen LogP) is 6.37. The van der Waals surface area contributed by atoms with E-state index in [1.54, 1.807) is 0 Å². The van der Waals surface area contributed by atoms with Crippen molar-refractivity contribution in [2.75, 3.05) is 6.61 Å². The predicted molar refractivity (Wildman–Crippen MR) is 141 cm³/mol. The number of ether oxygens (including phenoxy) is 1. The summed E-state index contributed by atoms with van der Waals surface area (Å²) in [5.41, 5.74) is 7.52. The second kappa shape index (κ2) is 7.96. The van der Waals surface area contributed by atoms with Crippen molar-refractivity contribution < 1.29 is 4.74 Å². The lowest BCUT2D eigenvalue weighted by Gasteiger charge is -2.35. The van der Waals surface area contributed by atoms with Crippen LogP contribution in [-0.4, -0.2) is 22.8 Å². The summed E-state index contributed by atoms with van der Waals surface area (Å²) in [6.07, 6.45) is 1.87. The molecule has 0 aromatic heterocycles. The fraction of sp³-hybridized carbons (Fsp3) is 0.286.